The Morgan fingerprint density at radius 1 is 1.19 bits per heavy atom. The Labute approximate surface area is 155 Å². The summed E-state index contributed by atoms with van der Waals surface area (Å²) >= 11 is 1.60. The van der Waals surface area contributed by atoms with E-state index in [0.29, 0.717) is 6.54 Å². The molecule has 4 aromatic rings. The van der Waals surface area contributed by atoms with Gasteiger partial charge in [0, 0.05) is 18.3 Å². The molecular weight excluding hydrogens is 348 g/mol. The van der Waals surface area contributed by atoms with E-state index >= 15 is 0 Å². The summed E-state index contributed by atoms with van der Waals surface area (Å²) in [7, 11) is 1.66. The van der Waals surface area contributed by atoms with Gasteiger partial charge in [-0.25, -0.2) is 9.67 Å². The van der Waals surface area contributed by atoms with E-state index in [1.54, 1.807) is 31.0 Å². The minimum atomic E-state index is 0.684. The lowest BCUT2D eigenvalue weighted by atomic mass is 10.3. The number of aryl methyl sites for hydroxylation is 1. The highest BCUT2D eigenvalue weighted by molar-refractivity contribution is 7.19. The smallest absolute Gasteiger partial charge is 0.183 e. The number of aromatic nitrogens is 3. The van der Waals surface area contributed by atoms with E-state index in [2.05, 4.69) is 10.3 Å². The van der Waals surface area contributed by atoms with Gasteiger partial charge in [-0.3, -0.25) is 0 Å². The van der Waals surface area contributed by atoms with Gasteiger partial charge in [0.25, 0.3) is 0 Å². The molecule has 3 heterocycles. The van der Waals surface area contributed by atoms with Gasteiger partial charge in [-0.2, -0.15) is 5.10 Å². The molecule has 0 spiro atoms. The molecule has 0 saturated carbocycles. The number of ether oxygens (including phenoxy) is 1. The first-order valence-corrected chi connectivity index (χ1v) is 8.97. The van der Waals surface area contributed by atoms with Crippen LogP contribution in [-0.4, -0.2) is 21.9 Å². The number of thiazole rings is 1. The third-order valence-electron chi connectivity index (χ3n) is 3.98. The van der Waals surface area contributed by atoms with Crippen LogP contribution in [0.15, 0.2) is 59.5 Å². The van der Waals surface area contributed by atoms with E-state index in [9.17, 15) is 0 Å². The van der Waals surface area contributed by atoms with Crippen molar-refractivity contribution in [2.24, 2.45) is 0 Å². The van der Waals surface area contributed by atoms with Crippen LogP contribution >= 0.6 is 11.3 Å². The van der Waals surface area contributed by atoms with E-state index in [4.69, 9.17) is 14.3 Å². The quantitative estimate of drug-likeness (QED) is 0.543. The molecule has 0 saturated heterocycles. The van der Waals surface area contributed by atoms with Crippen LogP contribution in [0.4, 0.5) is 5.13 Å². The van der Waals surface area contributed by atoms with Gasteiger partial charge in [0.1, 0.15) is 11.4 Å². The van der Waals surface area contributed by atoms with Crippen molar-refractivity contribution in [2.45, 2.75) is 13.5 Å². The normalized spacial score (nSPS) is 10.8. The third kappa shape index (κ3) is 3.34. The molecule has 0 atom stereocenters. The number of anilines is 1. The number of hydrogen-bond donors (Lipinski definition) is 1. The Morgan fingerprint density at radius 2 is 2.04 bits per heavy atom. The summed E-state index contributed by atoms with van der Waals surface area (Å²) in [6.45, 7) is 2.68. The van der Waals surface area contributed by atoms with Gasteiger partial charge >= 0.3 is 0 Å². The zero-order chi connectivity index (χ0) is 17.9. The Bertz CT molecular complexity index is 987. The molecule has 4 rings (SSSR count). The molecule has 6 nitrogen and oxygen atoms in total. The maximum atomic E-state index is 5.20. The van der Waals surface area contributed by atoms with Gasteiger partial charge in [0.2, 0.25) is 0 Å². The van der Waals surface area contributed by atoms with Crippen LogP contribution in [0.1, 0.15) is 11.3 Å². The van der Waals surface area contributed by atoms with Gasteiger partial charge in [-0.15, -0.1) is 0 Å². The lowest BCUT2D eigenvalue weighted by molar-refractivity contribution is 0.414. The van der Waals surface area contributed by atoms with E-state index in [0.717, 1.165) is 38.4 Å². The number of rotatable bonds is 6. The molecule has 1 N–H and O–H groups in total. The van der Waals surface area contributed by atoms with Gasteiger partial charge in [0.15, 0.2) is 5.13 Å². The van der Waals surface area contributed by atoms with Crippen LogP contribution in [0, 0.1) is 6.92 Å². The molecule has 0 fully saturated rings. The fourth-order valence-corrected chi connectivity index (χ4v) is 3.53. The summed E-state index contributed by atoms with van der Waals surface area (Å²) in [6, 6.07) is 11.7. The van der Waals surface area contributed by atoms with E-state index < -0.39 is 0 Å². The Kier molecular flexibility index (Phi) is 4.45. The number of furan rings is 1. The van der Waals surface area contributed by atoms with E-state index in [1.807, 2.05) is 54.2 Å². The van der Waals surface area contributed by atoms with Crippen LogP contribution in [0.3, 0.4) is 0 Å². The number of nitrogens with one attached hydrogen (secondary N) is 1. The highest BCUT2D eigenvalue weighted by atomic mass is 32.1. The van der Waals surface area contributed by atoms with Gasteiger partial charge in [0.05, 0.1) is 35.9 Å². The fourth-order valence-electron chi connectivity index (χ4n) is 2.60. The van der Waals surface area contributed by atoms with Crippen molar-refractivity contribution in [3.05, 3.63) is 66.4 Å². The van der Waals surface area contributed by atoms with Crippen LogP contribution in [-0.2, 0) is 6.54 Å². The van der Waals surface area contributed by atoms with E-state index in [-0.39, 0.29) is 0 Å². The van der Waals surface area contributed by atoms with E-state index in [1.165, 1.54) is 0 Å². The zero-order valence-corrected chi connectivity index (χ0v) is 15.3. The first-order valence-electron chi connectivity index (χ1n) is 8.16. The first-order chi connectivity index (χ1) is 12.7. The Morgan fingerprint density at radius 3 is 2.77 bits per heavy atom. The second-order valence-corrected chi connectivity index (χ2v) is 6.76. The molecule has 7 heteroatoms. The highest BCUT2D eigenvalue weighted by Gasteiger charge is 2.13. The van der Waals surface area contributed by atoms with Crippen LogP contribution in [0.5, 0.6) is 5.75 Å². The molecule has 0 bridgehead atoms. The van der Waals surface area contributed by atoms with Gasteiger partial charge in [-0.05, 0) is 43.3 Å². The largest absolute Gasteiger partial charge is 0.497 e. The number of nitrogens with zero attached hydrogens (tertiary/aromatic N) is 3. The van der Waals surface area contributed by atoms with Crippen molar-refractivity contribution < 1.29 is 9.15 Å². The molecule has 0 amide bonds. The van der Waals surface area contributed by atoms with Crippen LogP contribution < -0.4 is 10.1 Å². The summed E-state index contributed by atoms with van der Waals surface area (Å²) in [5.74, 6) is 0.827. The van der Waals surface area contributed by atoms with Crippen LogP contribution in [0.25, 0.3) is 16.3 Å². The average molecular weight is 366 g/mol. The second kappa shape index (κ2) is 7.05. The molecule has 0 aliphatic carbocycles. The summed E-state index contributed by atoms with van der Waals surface area (Å²) < 4.78 is 12.1. The van der Waals surface area contributed by atoms with Crippen molar-refractivity contribution in [3.8, 4) is 22.0 Å². The molecule has 1 aromatic carbocycles. The molecule has 0 aliphatic heterocycles. The van der Waals surface area contributed by atoms with Crippen molar-refractivity contribution in [2.75, 3.05) is 12.4 Å². The summed E-state index contributed by atoms with van der Waals surface area (Å²) in [5, 5.41) is 8.89. The molecule has 132 valence electrons. The monoisotopic (exact) mass is 366 g/mol. The predicted molar refractivity (Wildman–Crippen MR) is 102 cm³/mol. The van der Waals surface area contributed by atoms with Crippen LogP contribution in [0.2, 0.25) is 0 Å². The Balaban J connectivity index is 1.53. The standard InChI is InChI=1S/C19H18N4O2S/c1-13-18(26-19(21-13)20-11-14-8-10-25-12-14)17-7-9-23(22-17)15-3-5-16(24-2)6-4-15/h3-10,12H,11H2,1-2H3,(H,20,21). The predicted octanol–water partition coefficient (Wildman–Crippen LogP) is 4.52. The lowest BCUT2D eigenvalue weighted by Crippen LogP contribution is -1.97. The van der Waals surface area contributed by atoms with Crippen molar-refractivity contribution >= 4 is 16.5 Å². The fraction of sp³-hybridized carbons (Fsp3) is 0.158. The molecule has 0 aliphatic rings. The minimum absolute atomic E-state index is 0.684. The summed E-state index contributed by atoms with van der Waals surface area (Å²) in [6.07, 6.45) is 5.35. The SMILES string of the molecule is COc1ccc(-n2ccc(-c3sc(NCc4ccoc4)nc3C)n2)cc1. The molecule has 26 heavy (non-hydrogen) atoms. The van der Waals surface area contributed by atoms with Crippen molar-refractivity contribution in [1.29, 1.82) is 0 Å². The maximum absolute atomic E-state index is 5.20. The highest BCUT2D eigenvalue weighted by Crippen LogP contribution is 2.32. The lowest BCUT2D eigenvalue weighted by Gasteiger charge is -2.03. The Hall–Kier alpha value is -3.06. The molecule has 0 unspecified atom stereocenters. The molecule has 0 radical (unpaired) electrons. The molecular formula is C19H18N4O2S. The summed E-state index contributed by atoms with van der Waals surface area (Å²) in [5.41, 5.74) is 3.94. The first kappa shape index (κ1) is 16.4. The number of methoxy groups -OCH3 is 1. The zero-order valence-electron chi connectivity index (χ0n) is 14.5. The number of benzene rings is 1. The minimum Gasteiger partial charge on any atom is -0.497 e. The second-order valence-electron chi connectivity index (χ2n) is 5.76. The van der Waals surface area contributed by atoms with Gasteiger partial charge in [-0.1, -0.05) is 11.3 Å². The van der Waals surface area contributed by atoms with Crippen molar-refractivity contribution in [1.82, 2.24) is 14.8 Å². The maximum Gasteiger partial charge on any atom is 0.183 e. The third-order valence-corrected chi connectivity index (χ3v) is 5.12. The number of hydrogen-bond acceptors (Lipinski definition) is 6. The topological polar surface area (TPSA) is 65.1 Å². The summed E-state index contributed by atoms with van der Waals surface area (Å²) in [4.78, 5) is 5.66. The van der Waals surface area contributed by atoms with Crippen molar-refractivity contribution in [3.63, 3.8) is 0 Å². The van der Waals surface area contributed by atoms with Gasteiger partial charge < -0.3 is 14.5 Å². The molecule has 3 aromatic heterocycles. The average Bonchev–Trinajstić information content (AvgIpc) is 3.41.